The Labute approximate surface area is 337 Å². The minimum atomic E-state index is -4.76. The van der Waals surface area contributed by atoms with Crippen molar-refractivity contribution in [1.29, 1.82) is 0 Å². The van der Waals surface area contributed by atoms with Crippen molar-refractivity contribution in [2.24, 2.45) is 0 Å². The molecule has 0 aromatic carbocycles. The van der Waals surface area contributed by atoms with Crippen molar-refractivity contribution in [3.05, 3.63) is 48.6 Å². The van der Waals surface area contributed by atoms with Crippen LogP contribution < -0.4 is 0 Å². The van der Waals surface area contributed by atoms with Crippen LogP contribution in [0.3, 0.4) is 0 Å². The highest BCUT2D eigenvalue weighted by Crippen LogP contribution is 2.36. The maximum Gasteiger partial charge on any atom is 0.469 e. The predicted molar refractivity (Wildman–Crippen MR) is 230 cm³/mol. The predicted octanol–water partition coefficient (Wildman–Crippen LogP) is 13.9. The van der Waals surface area contributed by atoms with E-state index in [4.69, 9.17) is 19.3 Å². The van der Waals surface area contributed by atoms with E-state index in [9.17, 15) is 14.2 Å². The summed E-state index contributed by atoms with van der Waals surface area (Å²) in [6.45, 7) is 3.59. The van der Waals surface area contributed by atoms with Gasteiger partial charge in [-0.25, -0.2) is 4.57 Å². The SMILES string of the molecule is CC/C=C\C/C=C\C/C=C\C/C=C\CCCCCCCCCCCCC(=O)OC(COC(=O)CCCCCCCCCCCCCCCC)COP(=O)(O)O. The number of hydrogen-bond acceptors (Lipinski definition) is 6. The van der Waals surface area contributed by atoms with Gasteiger partial charge in [0.1, 0.15) is 6.61 Å². The zero-order valence-electron chi connectivity index (χ0n) is 35.3. The average molecular weight is 795 g/mol. The molecule has 0 radical (unpaired) electrons. The number of carbonyl (C=O) groups is 2. The second-order valence-electron chi connectivity index (χ2n) is 15.0. The lowest BCUT2D eigenvalue weighted by Gasteiger charge is -2.18. The molecule has 320 valence electrons. The third-order valence-electron chi connectivity index (χ3n) is 9.61. The molecule has 9 heteroatoms. The Morgan fingerprint density at radius 2 is 0.873 bits per heavy atom. The molecule has 0 saturated carbocycles. The van der Waals surface area contributed by atoms with Gasteiger partial charge in [0, 0.05) is 12.8 Å². The zero-order chi connectivity index (χ0) is 40.3. The Kier molecular flexibility index (Phi) is 40.1. The topological polar surface area (TPSA) is 119 Å². The largest absolute Gasteiger partial charge is 0.469 e. The van der Waals surface area contributed by atoms with Crippen molar-refractivity contribution >= 4 is 19.8 Å². The van der Waals surface area contributed by atoms with E-state index in [0.29, 0.717) is 6.42 Å². The molecule has 0 bridgehead atoms. The molecule has 0 spiro atoms. The number of unbranched alkanes of at least 4 members (excludes halogenated alkanes) is 23. The van der Waals surface area contributed by atoms with Gasteiger partial charge in [-0.2, -0.15) is 0 Å². The van der Waals surface area contributed by atoms with Crippen LogP contribution >= 0.6 is 7.82 Å². The van der Waals surface area contributed by atoms with Gasteiger partial charge in [0.2, 0.25) is 0 Å². The third-order valence-corrected chi connectivity index (χ3v) is 10.1. The van der Waals surface area contributed by atoms with Gasteiger partial charge in [-0.15, -0.1) is 0 Å². The number of carbonyl (C=O) groups excluding carboxylic acids is 2. The lowest BCUT2D eigenvalue weighted by molar-refractivity contribution is -0.161. The molecule has 0 heterocycles. The van der Waals surface area contributed by atoms with Gasteiger partial charge in [-0.3, -0.25) is 14.1 Å². The molecule has 0 aromatic heterocycles. The highest BCUT2D eigenvalue weighted by Gasteiger charge is 2.22. The Balaban J connectivity index is 3.86. The van der Waals surface area contributed by atoms with Crippen LogP contribution in [0.1, 0.15) is 213 Å². The van der Waals surface area contributed by atoms with Gasteiger partial charge in [0.25, 0.3) is 0 Å². The number of esters is 2. The van der Waals surface area contributed by atoms with Gasteiger partial charge in [0.15, 0.2) is 6.10 Å². The molecule has 0 amide bonds. The van der Waals surface area contributed by atoms with E-state index < -0.39 is 32.5 Å². The number of phosphoric acid groups is 1. The molecule has 0 saturated heterocycles. The summed E-state index contributed by atoms with van der Waals surface area (Å²) in [6, 6.07) is 0. The lowest BCUT2D eigenvalue weighted by Crippen LogP contribution is -2.29. The first kappa shape index (κ1) is 53.0. The molecule has 0 fully saturated rings. The second-order valence-corrected chi connectivity index (χ2v) is 16.2. The fourth-order valence-electron chi connectivity index (χ4n) is 6.31. The van der Waals surface area contributed by atoms with E-state index in [0.717, 1.165) is 70.6 Å². The first-order chi connectivity index (χ1) is 26.8. The van der Waals surface area contributed by atoms with Crippen molar-refractivity contribution in [3.63, 3.8) is 0 Å². The quantitative estimate of drug-likeness (QED) is 0.0272. The summed E-state index contributed by atoms with van der Waals surface area (Å²) in [4.78, 5) is 42.9. The van der Waals surface area contributed by atoms with Crippen LogP contribution in [0.15, 0.2) is 48.6 Å². The standard InChI is InChI=1S/C46H83O8P/c1-3-5-7-9-11-13-15-17-19-20-21-22-23-24-25-26-27-29-31-33-35-37-39-41-46(48)54-44(43-53-55(49,50)51)42-52-45(47)40-38-36-34-32-30-28-18-16-14-12-10-8-6-4-2/h5,7,11,13,17,19,21-22,44H,3-4,6,8-10,12,14-16,18,20,23-43H2,1-2H3,(H2,49,50,51)/b7-5-,13-11-,19-17-,22-21-. The Hall–Kier alpha value is -1.99. The molecule has 8 nitrogen and oxygen atoms in total. The first-order valence-corrected chi connectivity index (χ1v) is 24.0. The van der Waals surface area contributed by atoms with E-state index in [1.807, 2.05) is 0 Å². The highest BCUT2D eigenvalue weighted by atomic mass is 31.2. The Bertz CT molecular complexity index is 1030. The van der Waals surface area contributed by atoms with Crippen LogP contribution in [0.5, 0.6) is 0 Å². The Morgan fingerprint density at radius 3 is 1.31 bits per heavy atom. The van der Waals surface area contributed by atoms with Crippen LogP contribution in [-0.4, -0.2) is 41.0 Å². The van der Waals surface area contributed by atoms with E-state index in [2.05, 4.69) is 67.0 Å². The Morgan fingerprint density at radius 1 is 0.491 bits per heavy atom. The monoisotopic (exact) mass is 795 g/mol. The summed E-state index contributed by atoms with van der Waals surface area (Å²) < 4.78 is 26.4. The van der Waals surface area contributed by atoms with Gasteiger partial charge in [0.05, 0.1) is 6.61 Å². The smallest absolute Gasteiger partial charge is 0.462 e. The lowest BCUT2D eigenvalue weighted by atomic mass is 10.0. The normalized spacial score (nSPS) is 12.9. The minimum Gasteiger partial charge on any atom is -0.462 e. The van der Waals surface area contributed by atoms with E-state index in [-0.39, 0.29) is 19.4 Å². The molecule has 0 aromatic rings. The molecule has 1 atom stereocenters. The van der Waals surface area contributed by atoms with Crippen molar-refractivity contribution in [1.82, 2.24) is 0 Å². The summed E-state index contributed by atoms with van der Waals surface area (Å²) in [6.07, 6.45) is 51.2. The molecule has 0 rings (SSSR count). The van der Waals surface area contributed by atoms with Crippen molar-refractivity contribution in [3.8, 4) is 0 Å². The highest BCUT2D eigenvalue weighted by molar-refractivity contribution is 7.46. The molecular weight excluding hydrogens is 711 g/mol. The zero-order valence-corrected chi connectivity index (χ0v) is 36.2. The van der Waals surface area contributed by atoms with Crippen LogP contribution in [0.25, 0.3) is 0 Å². The fraction of sp³-hybridized carbons (Fsp3) is 0.783. The summed E-state index contributed by atoms with van der Waals surface area (Å²) in [5, 5.41) is 0. The second kappa shape index (κ2) is 41.6. The number of rotatable bonds is 41. The molecule has 0 aliphatic rings. The third kappa shape index (κ3) is 44.6. The van der Waals surface area contributed by atoms with E-state index >= 15 is 0 Å². The first-order valence-electron chi connectivity index (χ1n) is 22.4. The van der Waals surface area contributed by atoms with E-state index in [1.54, 1.807) is 0 Å². The molecule has 55 heavy (non-hydrogen) atoms. The van der Waals surface area contributed by atoms with Gasteiger partial charge in [-0.1, -0.05) is 197 Å². The van der Waals surface area contributed by atoms with Crippen molar-refractivity contribution in [2.45, 2.75) is 219 Å². The van der Waals surface area contributed by atoms with Crippen LogP contribution in [0.4, 0.5) is 0 Å². The molecule has 1 unspecified atom stereocenters. The van der Waals surface area contributed by atoms with Gasteiger partial charge in [-0.05, 0) is 51.4 Å². The number of allylic oxidation sites excluding steroid dienone is 8. The molecule has 0 aliphatic carbocycles. The number of phosphoric ester groups is 1. The molecule has 0 aliphatic heterocycles. The van der Waals surface area contributed by atoms with Crippen LogP contribution in [0.2, 0.25) is 0 Å². The summed E-state index contributed by atoms with van der Waals surface area (Å²) >= 11 is 0. The molecule has 2 N–H and O–H groups in total. The number of hydrogen-bond donors (Lipinski definition) is 2. The maximum absolute atomic E-state index is 12.4. The van der Waals surface area contributed by atoms with E-state index in [1.165, 1.54) is 109 Å². The number of ether oxygens (including phenoxy) is 2. The summed E-state index contributed by atoms with van der Waals surface area (Å²) in [5.41, 5.74) is 0. The molecular formula is C46H83O8P. The summed E-state index contributed by atoms with van der Waals surface area (Å²) in [5.74, 6) is -0.884. The maximum atomic E-state index is 12.4. The van der Waals surface area contributed by atoms with Crippen molar-refractivity contribution in [2.75, 3.05) is 13.2 Å². The average Bonchev–Trinajstić information content (AvgIpc) is 3.16. The van der Waals surface area contributed by atoms with Crippen molar-refractivity contribution < 1.29 is 37.9 Å². The minimum absolute atomic E-state index is 0.207. The van der Waals surface area contributed by atoms with Crippen LogP contribution in [-0.2, 0) is 28.2 Å². The van der Waals surface area contributed by atoms with Gasteiger partial charge < -0.3 is 19.3 Å². The fourth-order valence-corrected chi connectivity index (χ4v) is 6.67. The van der Waals surface area contributed by atoms with Gasteiger partial charge >= 0.3 is 19.8 Å². The summed E-state index contributed by atoms with van der Waals surface area (Å²) in [7, 11) is -4.76. The van der Waals surface area contributed by atoms with Crippen LogP contribution in [0, 0.1) is 0 Å².